The number of nitrogens with one attached hydrogen (secondary N) is 2. The number of hydrogen-bond donors (Lipinski definition) is 2. The van der Waals surface area contributed by atoms with Crippen molar-refractivity contribution >= 4 is 28.1 Å². The molecule has 27 heavy (non-hydrogen) atoms. The molecule has 2 N–H and O–H groups in total. The highest BCUT2D eigenvalue weighted by molar-refractivity contribution is 9.10. The van der Waals surface area contributed by atoms with Crippen molar-refractivity contribution < 1.29 is 9.47 Å². The van der Waals surface area contributed by atoms with Crippen LogP contribution in [0.1, 0.15) is 19.4 Å². The Morgan fingerprint density at radius 1 is 1.26 bits per heavy atom. The van der Waals surface area contributed by atoms with Crippen molar-refractivity contribution in [2.24, 2.45) is 0 Å². The molecule has 0 fully saturated rings. The van der Waals surface area contributed by atoms with Crippen molar-refractivity contribution in [3.05, 3.63) is 57.3 Å². The number of aromatic amines is 1. The minimum atomic E-state index is 0.0230. The molecular weight excluding hydrogens is 428 g/mol. The van der Waals surface area contributed by atoms with Gasteiger partial charge in [-0.3, -0.25) is 0 Å². The first-order valence-corrected chi connectivity index (χ1v) is 9.69. The van der Waals surface area contributed by atoms with Crippen LogP contribution in [0.4, 0.5) is 0 Å². The van der Waals surface area contributed by atoms with Gasteiger partial charge in [0.2, 0.25) is 4.77 Å². The van der Waals surface area contributed by atoms with Gasteiger partial charge in [0, 0.05) is 15.6 Å². The highest BCUT2D eigenvalue weighted by atomic mass is 79.9. The summed E-state index contributed by atoms with van der Waals surface area (Å²) in [6, 6.07) is 13.7. The molecule has 0 spiro atoms. The highest BCUT2D eigenvalue weighted by Crippen LogP contribution is 2.35. The van der Waals surface area contributed by atoms with Gasteiger partial charge in [0.25, 0.3) is 0 Å². The quantitative estimate of drug-likeness (QED) is 0.502. The molecule has 0 aliphatic heterocycles. The number of aromatic nitrogens is 3. The third-order valence-electron chi connectivity index (χ3n) is 3.80. The first kappa shape index (κ1) is 19.4. The Kier molecular flexibility index (Phi) is 6.18. The topological polar surface area (TPSA) is 64.1 Å². The van der Waals surface area contributed by atoms with Crippen LogP contribution >= 0.6 is 28.1 Å². The molecule has 8 heteroatoms. The molecule has 0 saturated heterocycles. The summed E-state index contributed by atoms with van der Waals surface area (Å²) in [5.74, 6) is 2.10. The highest BCUT2D eigenvalue weighted by Gasteiger charge is 2.15. The van der Waals surface area contributed by atoms with Gasteiger partial charge < -0.3 is 14.9 Å². The van der Waals surface area contributed by atoms with Gasteiger partial charge in [0.05, 0.1) is 19.8 Å². The number of rotatable bonds is 7. The largest absolute Gasteiger partial charge is 0.493 e. The van der Waals surface area contributed by atoms with Crippen molar-refractivity contribution in [1.82, 2.24) is 14.9 Å². The second-order valence-electron chi connectivity index (χ2n) is 6.15. The van der Waals surface area contributed by atoms with Gasteiger partial charge in [0.1, 0.15) is 0 Å². The number of hydrogen-bond acceptors (Lipinski definition) is 5. The van der Waals surface area contributed by atoms with Crippen molar-refractivity contribution in [2.75, 3.05) is 12.5 Å². The van der Waals surface area contributed by atoms with Crippen LogP contribution in [0, 0.1) is 4.77 Å². The predicted octanol–water partition coefficient (Wildman–Crippen LogP) is 4.91. The standard InChI is InChI=1S/C19H21BrN4O2S/c1-12(2)26-17-14(9-15(20)10-16(17)25-3)11-21-24-18(22-23-19(24)27)13-7-5-4-6-8-13/h4-10,12,21H,11H2,1-3H3,(H,23,27). The lowest BCUT2D eigenvalue weighted by atomic mass is 10.2. The summed E-state index contributed by atoms with van der Waals surface area (Å²) in [7, 11) is 1.63. The van der Waals surface area contributed by atoms with Crippen molar-refractivity contribution in [1.29, 1.82) is 0 Å². The summed E-state index contributed by atoms with van der Waals surface area (Å²) in [6.45, 7) is 4.45. The zero-order valence-electron chi connectivity index (χ0n) is 15.3. The van der Waals surface area contributed by atoms with Crippen LogP contribution in [0.15, 0.2) is 46.9 Å². The van der Waals surface area contributed by atoms with E-state index < -0.39 is 0 Å². The van der Waals surface area contributed by atoms with E-state index in [0.717, 1.165) is 15.6 Å². The normalized spacial score (nSPS) is 10.9. The first-order valence-electron chi connectivity index (χ1n) is 8.49. The Bertz CT molecular complexity index is 970. The van der Waals surface area contributed by atoms with Gasteiger partial charge in [-0.15, -0.1) is 0 Å². The Morgan fingerprint density at radius 2 is 2.00 bits per heavy atom. The summed E-state index contributed by atoms with van der Waals surface area (Å²) >= 11 is 8.91. The van der Waals surface area contributed by atoms with Crippen molar-refractivity contribution in [3.63, 3.8) is 0 Å². The third-order valence-corrected chi connectivity index (χ3v) is 4.53. The molecule has 0 atom stereocenters. The second-order valence-corrected chi connectivity index (χ2v) is 7.45. The van der Waals surface area contributed by atoms with E-state index in [1.165, 1.54) is 0 Å². The van der Waals surface area contributed by atoms with Crippen LogP contribution in [0.3, 0.4) is 0 Å². The van der Waals surface area contributed by atoms with Crippen LogP contribution < -0.4 is 14.9 Å². The summed E-state index contributed by atoms with van der Waals surface area (Å²) in [6.07, 6.45) is 0.0230. The smallest absolute Gasteiger partial charge is 0.214 e. The minimum absolute atomic E-state index is 0.0230. The van der Waals surface area contributed by atoms with Crippen LogP contribution in [-0.2, 0) is 6.54 Å². The van der Waals surface area contributed by atoms with Gasteiger partial charge in [-0.25, -0.2) is 9.77 Å². The molecule has 2 aromatic carbocycles. The summed E-state index contributed by atoms with van der Waals surface area (Å²) in [4.78, 5) is 0. The van der Waals surface area contributed by atoms with Crippen LogP contribution in [0.2, 0.25) is 0 Å². The first-order chi connectivity index (χ1) is 13.0. The second kappa shape index (κ2) is 8.58. The minimum Gasteiger partial charge on any atom is -0.493 e. The predicted molar refractivity (Wildman–Crippen MR) is 112 cm³/mol. The Balaban J connectivity index is 1.93. The summed E-state index contributed by atoms with van der Waals surface area (Å²) in [5, 5.41) is 7.18. The molecule has 0 amide bonds. The molecule has 142 valence electrons. The fraction of sp³-hybridized carbons (Fsp3) is 0.263. The van der Waals surface area contributed by atoms with E-state index in [2.05, 4.69) is 31.6 Å². The molecular formula is C19H21BrN4O2S. The average Bonchev–Trinajstić information content (AvgIpc) is 3.02. The average molecular weight is 449 g/mol. The zero-order valence-corrected chi connectivity index (χ0v) is 17.7. The Labute approximate surface area is 171 Å². The number of ether oxygens (including phenoxy) is 2. The van der Waals surface area contributed by atoms with Gasteiger partial charge in [-0.05, 0) is 38.2 Å². The fourth-order valence-electron chi connectivity index (χ4n) is 2.66. The van der Waals surface area contributed by atoms with E-state index in [1.54, 1.807) is 11.8 Å². The van der Waals surface area contributed by atoms with E-state index in [0.29, 0.717) is 28.6 Å². The van der Waals surface area contributed by atoms with Gasteiger partial charge in [-0.2, -0.15) is 5.10 Å². The van der Waals surface area contributed by atoms with E-state index in [9.17, 15) is 0 Å². The maximum Gasteiger partial charge on any atom is 0.214 e. The van der Waals surface area contributed by atoms with Gasteiger partial charge >= 0.3 is 0 Å². The fourth-order valence-corrected chi connectivity index (χ4v) is 3.34. The van der Waals surface area contributed by atoms with Crippen LogP contribution in [-0.4, -0.2) is 28.1 Å². The number of nitrogens with zero attached hydrogens (tertiary/aromatic N) is 2. The van der Waals surface area contributed by atoms with Gasteiger partial charge in [-0.1, -0.05) is 46.3 Å². The number of halogens is 1. The lowest BCUT2D eigenvalue weighted by molar-refractivity contribution is 0.227. The van der Waals surface area contributed by atoms with Crippen molar-refractivity contribution in [2.45, 2.75) is 26.5 Å². The molecule has 1 heterocycles. The maximum absolute atomic E-state index is 5.99. The molecule has 0 saturated carbocycles. The molecule has 0 aliphatic carbocycles. The number of H-pyrrole nitrogens is 1. The summed E-state index contributed by atoms with van der Waals surface area (Å²) < 4.78 is 14.6. The lowest BCUT2D eigenvalue weighted by Crippen LogP contribution is -2.17. The number of methoxy groups -OCH3 is 1. The zero-order chi connectivity index (χ0) is 19.4. The maximum atomic E-state index is 5.99. The number of benzene rings is 2. The van der Waals surface area contributed by atoms with E-state index in [1.807, 2.05) is 56.3 Å². The SMILES string of the molecule is COc1cc(Br)cc(CNn2c(-c3ccccc3)n[nH]c2=S)c1OC(C)C. The molecule has 1 aromatic heterocycles. The van der Waals surface area contributed by atoms with Crippen LogP contribution in [0.25, 0.3) is 11.4 Å². The molecule has 0 radical (unpaired) electrons. The van der Waals surface area contributed by atoms with E-state index in [4.69, 9.17) is 21.7 Å². The lowest BCUT2D eigenvalue weighted by Gasteiger charge is -2.19. The van der Waals surface area contributed by atoms with Crippen molar-refractivity contribution in [3.8, 4) is 22.9 Å². The molecule has 6 nitrogen and oxygen atoms in total. The molecule has 3 aromatic rings. The Morgan fingerprint density at radius 3 is 2.67 bits per heavy atom. The molecule has 0 bridgehead atoms. The Hall–Kier alpha value is -2.32. The molecule has 0 unspecified atom stereocenters. The molecule has 3 rings (SSSR count). The molecule has 0 aliphatic rings. The monoisotopic (exact) mass is 448 g/mol. The summed E-state index contributed by atoms with van der Waals surface area (Å²) in [5.41, 5.74) is 5.23. The van der Waals surface area contributed by atoms with Crippen LogP contribution in [0.5, 0.6) is 11.5 Å². The van der Waals surface area contributed by atoms with E-state index >= 15 is 0 Å². The van der Waals surface area contributed by atoms with E-state index in [-0.39, 0.29) is 6.10 Å². The van der Waals surface area contributed by atoms with Gasteiger partial charge in [0.15, 0.2) is 17.3 Å². The third kappa shape index (κ3) is 4.51.